The van der Waals surface area contributed by atoms with Crippen molar-refractivity contribution >= 4 is 23.2 Å². The van der Waals surface area contributed by atoms with Crippen molar-refractivity contribution < 1.29 is 22.7 Å². The van der Waals surface area contributed by atoms with Crippen LogP contribution in [0.4, 0.5) is 18.9 Å². The maximum Gasteiger partial charge on any atom is 0.417 e. The van der Waals surface area contributed by atoms with Gasteiger partial charge < -0.3 is 10.1 Å². The zero-order chi connectivity index (χ0) is 22.4. The molecule has 0 spiro atoms. The summed E-state index contributed by atoms with van der Waals surface area (Å²) in [6.07, 6.45) is -0.709. The second kappa shape index (κ2) is 9.78. The zero-order valence-electron chi connectivity index (χ0n) is 16.5. The first-order valence-electron chi connectivity index (χ1n) is 9.49. The second-order valence-corrected chi connectivity index (χ2v) is 7.03. The number of aryl methyl sites for hydroxylation is 2. The highest BCUT2D eigenvalue weighted by molar-refractivity contribution is 6.34. The Balaban J connectivity index is 1.53. The molecule has 162 valence electrons. The molecule has 0 fully saturated rings. The molecule has 5 nitrogen and oxygen atoms in total. The van der Waals surface area contributed by atoms with Crippen LogP contribution in [0, 0.1) is 0 Å². The van der Waals surface area contributed by atoms with Crippen molar-refractivity contribution in [3.8, 4) is 11.6 Å². The molecule has 0 aliphatic heterocycles. The van der Waals surface area contributed by atoms with Gasteiger partial charge in [0.1, 0.15) is 5.75 Å². The number of carbonyl (C=O) groups excluding carboxylic acids is 1. The molecule has 0 saturated heterocycles. The van der Waals surface area contributed by atoms with Crippen LogP contribution in [0.1, 0.15) is 30.2 Å². The van der Waals surface area contributed by atoms with E-state index in [1.165, 1.54) is 0 Å². The van der Waals surface area contributed by atoms with Crippen molar-refractivity contribution in [3.63, 3.8) is 0 Å². The van der Waals surface area contributed by atoms with Gasteiger partial charge in [-0.2, -0.15) is 13.2 Å². The van der Waals surface area contributed by atoms with Crippen molar-refractivity contribution in [2.45, 2.75) is 32.4 Å². The van der Waals surface area contributed by atoms with E-state index >= 15 is 0 Å². The summed E-state index contributed by atoms with van der Waals surface area (Å²) < 4.78 is 43.2. The Kier molecular flexibility index (Phi) is 7.12. The fraction of sp³-hybridized carbons (Fsp3) is 0.227. The number of hydrogen-bond acceptors (Lipinski definition) is 4. The molecule has 1 aromatic carbocycles. The van der Waals surface area contributed by atoms with Gasteiger partial charge in [-0.25, -0.2) is 4.98 Å². The summed E-state index contributed by atoms with van der Waals surface area (Å²) in [5.74, 6) is 0.307. The lowest BCUT2D eigenvalue weighted by Gasteiger charge is -2.10. The monoisotopic (exact) mass is 449 g/mol. The number of rotatable bonds is 7. The van der Waals surface area contributed by atoms with Crippen molar-refractivity contribution in [2.75, 3.05) is 5.32 Å². The Hall–Kier alpha value is -3.13. The van der Waals surface area contributed by atoms with Crippen molar-refractivity contribution in [2.24, 2.45) is 0 Å². The summed E-state index contributed by atoms with van der Waals surface area (Å²) in [4.78, 5) is 20.1. The molecule has 1 N–H and O–H groups in total. The van der Waals surface area contributed by atoms with Gasteiger partial charge >= 0.3 is 6.18 Å². The Morgan fingerprint density at radius 2 is 1.84 bits per heavy atom. The normalized spacial score (nSPS) is 11.3. The average Bonchev–Trinajstić information content (AvgIpc) is 2.74. The summed E-state index contributed by atoms with van der Waals surface area (Å²) in [5.41, 5.74) is 1.31. The first-order valence-corrected chi connectivity index (χ1v) is 9.87. The summed E-state index contributed by atoms with van der Waals surface area (Å²) >= 11 is 6.23. The number of nitrogens with one attached hydrogen (secondary N) is 1. The van der Waals surface area contributed by atoms with E-state index in [1.807, 2.05) is 6.92 Å². The van der Waals surface area contributed by atoms with Gasteiger partial charge in [0.15, 0.2) is 0 Å². The summed E-state index contributed by atoms with van der Waals surface area (Å²) in [7, 11) is 0. The first kappa shape index (κ1) is 22.6. The van der Waals surface area contributed by atoms with Crippen molar-refractivity contribution in [3.05, 3.63) is 76.7 Å². The molecule has 2 aromatic heterocycles. The molecule has 0 aliphatic rings. The standard InChI is InChI=1S/C22H19ClF3N3O2/c1-2-17-21(23)18(11-12-27-17)29-19(30)9-5-14-3-7-16(8-4-14)31-20-10-6-15(13-28-20)22(24,25)26/h3-4,6-8,10-13H,2,5,9H2,1H3,(H,27,29,30). The Morgan fingerprint density at radius 1 is 1.10 bits per heavy atom. The molecule has 0 atom stereocenters. The topological polar surface area (TPSA) is 64.1 Å². The second-order valence-electron chi connectivity index (χ2n) is 6.65. The number of aromatic nitrogens is 2. The number of alkyl halides is 3. The maximum atomic E-state index is 12.6. The minimum absolute atomic E-state index is 0.0563. The molecule has 1 amide bonds. The van der Waals surface area contributed by atoms with Gasteiger partial charge in [-0.15, -0.1) is 0 Å². The first-order chi connectivity index (χ1) is 14.8. The number of hydrogen-bond donors (Lipinski definition) is 1. The van der Waals surface area contributed by atoms with Gasteiger partial charge in [0.05, 0.1) is 22.0 Å². The van der Waals surface area contributed by atoms with Crippen LogP contribution < -0.4 is 10.1 Å². The third-order valence-electron chi connectivity index (χ3n) is 4.42. The summed E-state index contributed by atoms with van der Waals surface area (Å²) in [5, 5.41) is 3.23. The van der Waals surface area contributed by atoms with Crippen LogP contribution in [0.15, 0.2) is 54.9 Å². The molecule has 31 heavy (non-hydrogen) atoms. The fourth-order valence-electron chi connectivity index (χ4n) is 2.75. The fourth-order valence-corrected chi connectivity index (χ4v) is 3.05. The highest BCUT2D eigenvalue weighted by atomic mass is 35.5. The van der Waals surface area contributed by atoms with Gasteiger partial charge in [-0.05, 0) is 42.7 Å². The number of carbonyl (C=O) groups is 1. The van der Waals surface area contributed by atoms with Crippen LogP contribution in [0.3, 0.4) is 0 Å². The highest BCUT2D eigenvalue weighted by Gasteiger charge is 2.30. The van der Waals surface area contributed by atoms with Crippen LogP contribution in [0.2, 0.25) is 5.02 Å². The molecule has 3 rings (SSSR count). The van der Waals surface area contributed by atoms with Crippen LogP contribution in [0.25, 0.3) is 0 Å². The molecule has 0 bridgehead atoms. The lowest BCUT2D eigenvalue weighted by atomic mass is 10.1. The van der Waals surface area contributed by atoms with Gasteiger partial charge in [-0.3, -0.25) is 9.78 Å². The van der Waals surface area contributed by atoms with Crippen molar-refractivity contribution in [1.29, 1.82) is 0 Å². The number of amides is 1. The van der Waals surface area contributed by atoms with Gasteiger partial charge in [0.25, 0.3) is 0 Å². The molecule has 0 saturated carbocycles. The van der Waals surface area contributed by atoms with Gasteiger partial charge in [-0.1, -0.05) is 30.7 Å². The molecular formula is C22H19ClF3N3O2. The maximum absolute atomic E-state index is 12.6. The van der Waals surface area contributed by atoms with E-state index in [1.54, 1.807) is 36.5 Å². The van der Waals surface area contributed by atoms with Crippen LogP contribution in [0.5, 0.6) is 11.6 Å². The number of halogens is 4. The van der Waals surface area contributed by atoms with Crippen LogP contribution >= 0.6 is 11.6 Å². The van der Waals surface area contributed by atoms with E-state index in [2.05, 4.69) is 15.3 Å². The summed E-state index contributed by atoms with van der Waals surface area (Å²) in [6, 6.07) is 10.6. The minimum Gasteiger partial charge on any atom is -0.439 e. The molecule has 0 radical (unpaired) electrons. The van der Waals surface area contributed by atoms with E-state index in [0.717, 1.165) is 29.6 Å². The Morgan fingerprint density at radius 3 is 2.45 bits per heavy atom. The number of ether oxygens (including phenoxy) is 1. The van der Waals surface area contributed by atoms with Crippen LogP contribution in [-0.2, 0) is 23.8 Å². The predicted octanol–water partition coefficient (Wildman–Crippen LogP) is 6.07. The smallest absolute Gasteiger partial charge is 0.417 e. The SMILES string of the molecule is CCc1nccc(NC(=O)CCc2ccc(Oc3ccc(C(F)(F)F)cn3)cc2)c1Cl. The molecule has 0 unspecified atom stereocenters. The van der Waals surface area contributed by atoms with E-state index in [9.17, 15) is 18.0 Å². The molecule has 9 heteroatoms. The van der Waals surface area contributed by atoms with E-state index in [0.29, 0.717) is 29.3 Å². The number of anilines is 1. The molecular weight excluding hydrogens is 431 g/mol. The third-order valence-corrected chi connectivity index (χ3v) is 4.84. The van der Waals surface area contributed by atoms with E-state index < -0.39 is 11.7 Å². The van der Waals surface area contributed by atoms with Crippen LogP contribution in [-0.4, -0.2) is 15.9 Å². The summed E-state index contributed by atoms with van der Waals surface area (Å²) in [6.45, 7) is 1.93. The highest BCUT2D eigenvalue weighted by Crippen LogP contribution is 2.30. The average molecular weight is 450 g/mol. The molecule has 2 heterocycles. The lowest BCUT2D eigenvalue weighted by Crippen LogP contribution is -2.13. The van der Waals surface area contributed by atoms with E-state index in [4.69, 9.17) is 16.3 Å². The van der Waals surface area contributed by atoms with Gasteiger partial charge in [0, 0.05) is 24.9 Å². The lowest BCUT2D eigenvalue weighted by molar-refractivity contribution is -0.137. The third kappa shape index (κ3) is 6.18. The van der Waals surface area contributed by atoms with Crippen molar-refractivity contribution in [1.82, 2.24) is 9.97 Å². The predicted molar refractivity (Wildman–Crippen MR) is 111 cm³/mol. The number of pyridine rings is 2. The Bertz CT molecular complexity index is 1040. The minimum atomic E-state index is -4.44. The Labute approximate surface area is 182 Å². The number of benzene rings is 1. The van der Waals surface area contributed by atoms with Gasteiger partial charge in [0.2, 0.25) is 11.8 Å². The zero-order valence-corrected chi connectivity index (χ0v) is 17.3. The quantitative estimate of drug-likeness (QED) is 0.475. The largest absolute Gasteiger partial charge is 0.439 e. The van der Waals surface area contributed by atoms with E-state index in [-0.39, 0.29) is 18.2 Å². The molecule has 3 aromatic rings. The number of nitrogens with zero attached hydrogens (tertiary/aromatic N) is 2. The molecule has 0 aliphatic carbocycles.